The third kappa shape index (κ3) is 5.28. The number of alkyl halides is 3. The molecule has 1 amide bonds. The number of nitrogens with one attached hydrogen (secondary N) is 1. The lowest BCUT2D eigenvalue weighted by molar-refractivity contribution is -0.137. The molecule has 156 valence electrons. The maximum atomic E-state index is 12.8. The van der Waals surface area contributed by atoms with Gasteiger partial charge in [0, 0.05) is 5.56 Å². The minimum atomic E-state index is -4.43. The molecular weight excluding hydrogens is 397 g/mol. The molecular formula is C22H19F3N2O3. The lowest BCUT2D eigenvalue weighted by Gasteiger charge is -2.09. The van der Waals surface area contributed by atoms with Crippen molar-refractivity contribution in [2.45, 2.75) is 20.0 Å². The summed E-state index contributed by atoms with van der Waals surface area (Å²) in [4.78, 5) is 11.9. The van der Waals surface area contributed by atoms with Gasteiger partial charge in [-0.25, -0.2) is 5.43 Å². The van der Waals surface area contributed by atoms with Gasteiger partial charge in [-0.2, -0.15) is 18.3 Å². The molecule has 0 atom stereocenters. The van der Waals surface area contributed by atoms with Crippen molar-refractivity contribution < 1.29 is 27.1 Å². The van der Waals surface area contributed by atoms with Crippen molar-refractivity contribution in [1.82, 2.24) is 5.43 Å². The van der Waals surface area contributed by atoms with Gasteiger partial charge < -0.3 is 9.15 Å². The number of rotatable bonds is 6. The van der Waals surface area contributed by atoms with Crippen molar-refractivity contribution >= 4 is 12.1 Å². The number of hydrazone groups is 1. The summed E-state index contributed by atoms with van der Waals surface area (Å²) in [6.45, 7) is 3.64. The highest BCUT2D eigenvalue weighted by Crippen LogP contribution is 2.32. The summed E-state index contributed by atoms with van der Waals surface area (Å²) in [6, 6.07) is 13.5. The van der Waals surface area contributed by atoms with Gasteiger partial charge in [0.05, 0.1) is 11.8 Å². The largest absolute Gasteiger partial charge is 0.483 e. The molecule has 0 radical (unpaired) electrons. The van der Waals surface area contributed by atoms with Crippen LogP contribution in [-0.4, -0.2) is 18.7 Å². The summed E-state index contributed by atoms with van der Waals surface area (Å²) in [6.07, 6.45) is -3.18. The minimum absolute atomic E-state index is 0.213. The van der Waals surface area contributed by atoms with Crippen LogP contribution in [0, 0.1) is 13.8 Å². The van der Waals surface area contributed by atoms with E-state index in [1.807, 2.05) is 26.0 Å². The number of ether oxygens (including phenoxy) is 1. The molecule has 1 N–H and O–H groups in total. The molecule has 0 spiro atoms. The van der Waals surface area contributed by atoms with Crippen LogP contribution in [0.5, 0.6) is 5.75 Å². The summed E-state index contributed by atoms with van der Waals surface area (Å²) < 4.78 is 49.5. The molecule has 0 saturated carbocycles. The molecule has 1 aromatic heterocycles. The van der Waals surface area contributed by atoms with Crippen molar-refractivity contribution in [3.8, 4) is 17.1 Å². The molecule has 0 fully saturated rings. The Labute approximate surface area is 171 Å². The molecule has 0 aliphatic heterocycles. The highest BCUT2D eigenvalue weighted by atomic mass is 19.4. The smallest absolute Gasteiger partial charge is 0.416 e. The molecule has 5 nitrogen and oxygen atoms in total. The predicted molar refractivity (Wildman–Crippen MR) is 106 cm³/mol. The number of nitrogens with zero attached hydrogens (tertiary/aromatic N) is 1. The Morgan fingerprint density at radius 2 is 1.90 bits per heavy atom. The fourth-order valence-corrected chi connectivity index (χ4v) is 2.65. The summed E-state index contributed by atoms with van der Waals surface area (Å²) >= 11 is 0. The quantitative estimate of drug-likeness (QED) is 0.449. The SMILES string of the molecule is Cc1cccc(OCC(=O)N/N=C/c2ccc(-c3cccc(C(F)(F)F)c3)o2)c1C. The van der Waals surface area contributed by atoms with E-state index in [0.29, 0.717) is 5.75 Å². The van der Waals surface area contributed by atoms with E-state index in [0.717, 1.165) is 23.3 Å². The number of furan rings is 1. The molecule has 2 aromatic carbocycles. The first-order valence-electron chi connectivity index (χ1n) is 9.02. The average Bonchev–Trinajstić information content (AvgIpc) is 3.17. The van der Waals surface area contributed by atoms with E-state index in [-0.39, 0.29) is 23.7 Å². The topological polar surface area (TPSA) is 63.8 Å². The number of hydrogen-bond donors (Lipinski definition) is 1. The van der Waals surface area contributed by atoms with Crippen LogP contribution in [0.25, 0.3) is 11.3 Å². The van der Waals surface area contributed by atoms with Gasteiger partial charge in [0.15, 0.2) is 6.61 Å². The maximum Gasteiger partial charge on any atom is 0.416 e. The zero-order valence-electron chi connectivity index (χ0n) is 16.3. The Kier molecular flexibility index (Phi) is 6.25. The number of hydrogen-bond acceptors (Lipinski definition) is 4. The van der Waals surface area contributed by atoms with Crippen LogP contribution in [0.1, 0.15) is 22.5 Å². The van der Waals surface area contributed by atoms with E-state index in [1.54, 1.807) is 6.07 Å². The fraction of sp³-hybridized carbons (Fsp3) is 0.182. The zero-order chi connectivity index (χ0) is 21.7. The van der Waals surface area contributed by atoms with E-state index < -0.39 is 17.6 Å². The van der Waals surface area contributed by atoms with E-state index in [2.05, 4.69) is 10.5 Å². The Hall–Kier alpha value is -3.55. The van der Waals surface area contributed by atoms with E-state index >= 15 is 0 Å². The first-order chi connectivity index (χ1) is 14.2. The van der Waals surface area contributed by atoms with Gasteiger partial charge in [-0.05, 0) is 55.3 Å². The van der Waals surface area contributed by atoms with Gasteiger partial charge in [-0.1, -0.05) is 24.3 Å². The number of carbonyl (C=O) groups is 1. The summed E-state index contributed by atoms with van der Waals surface area (Å²) in [7, 11) is 0. The van der Waals surface area contributed by atoms with Gasteiger partial charge in [0.25, 0.3) is 5.91 Å². The molecule has 3 rings (SSSR count). The van der Waals surface area contributed by atoms with Gasteiger partial charge in [0.2, 0.25) is 0 Å². The monoisotopic (exact) mass is 416 g/mol. The lowest BCUT2D eigenvalue weighted by atomic mass is 10.1. The summed E-state index contributed by atoms with van der Waals surface area (Å²) in [5, 5.41) is 3.78. The average molecular weight is 416 g/mol. The normalized spacial score (nSPS) is 11.6. The second-order valence-electron chi connectivity index (χ2n) is 6.56. The Morgan fingerprint density at radius 1 is 1.13 bits per heavy atom. The van der Waals surface area contributed by atoms with Crippen molar-refractivity contribution in [2.75, 3.05) is 6.61 Å². The third-order valence-electron chi connectivity index (χ3n) is 4.40. The number of amides is 1. The summed E-state index contributed by atoms with van der Waals surface area (Å²) in [5.74, 6) is 0.688. The molecule has 0 aliphatic carbocycles. The van der Waals surface area contributed by atoms with Crippen LogP contribution in [0.3, 0.4) is 0 Å². The van der Waals surface area contributed by atoms with Gasteiger partial charge in [-0.15, -0.1) is 0 Å². The van der Waals surface area contributed by atoms with Crippen LogP contribution in [0.4, 0.5) is 13.2 Å². The van der Waals surface area contributed by atoms with Crippen molar-refractivity contribution in [3.05, 3.63) is 77.0 Å². The van der Waals surface area contributed by atoms with Gasteiger partial charge >= 0.3 is 6.18 Å². The molecule has 8 heteroatoms. The molecule has 3 aromatic rings. The second-order valence-corrected chi connectivity index (χ2v) is 6.56. The predicted octanol–water partition coefficient (Wildman–Crippen LogP) is 5.11. The molecule has 1 heterocycles. The zero-order valence-corrected chi connectivity index (χ0v) is 16.3. The highest BCUT2D eigenvalue weighted by molar-refractivity contribution is 5.81. The van der Waals surface area contributed by atoms with Crippen LogP contribution in [-0.2, 0) is 11.0 Å². The number of carbonyl (C=O) groups excluding carboxylic acids is 1. The van der Waals surface area contributed by atoms with Gasteiger partial charge in [0.1, 0.15) is 17.3 Å². The fourth-order valence-electron chi connectivity index (χ4n) is 2.65. The standard InChI is InChI=1S/C22H19F3N2O3/c1-14-5-3-8-19(15(14)2)29-13-21(28)27-26-12-18-9-10-20(30-18)16-6-4-7-17(11-16)22(23,24)25/h3-12H,13H2,1-2H3,(H,27,28)/b26-12+. The molecule has 0 bridgehead atoms. The molecule has 0 aliphatic rings. The highest BCUT2D eigenvalue weighted by Gasteiger charge is 2.30. The van der Waals surface area contributed by atoms with Crippen LogP contribution < -0.4 is 10.2 Å². The number of benzene rings is 2. The van der Waals surface area contributed by atoms with Crippen LogP contribution in [0.2, 0.25) is 0 Å². The van der Waals surface area contributed by atoms with Crippen LogP contribution in [0.15, 0.2) is 64.1 Å². The maximum absolute atomic E-state index is 12.8. The third-order valence-corrected chi connectivity index (χ3v) is 4.40. The van der Waals surface area contributed by atoms with E-state index in [1.165, 1.54) is 30.5 Å². The molecule has 0 saturated heterocycles. The minimum Gasteiger partial charge on any atom is -0.483 e. The Morgan fingerprint density at radius 3 is 2.67 bits per heavy atom. The first-order valence-corrected chi connectivity index (χ1v) is 9.02. The van der Waals surface area contributed by atoms with Crippen molar-refractivity contribution in [1.29, 1.82) is 0 Å². The number of halogens is 3. The first kappa shape index (κ1) is 21.2. The Bertz CT molecular complexity index is 1070. The van der Waals surface area contributed by atoms with Crippen molar-refractivity contribution in [2.24, 2.45) is 5.10 Å². The van der Waals surface area contributed by atoms with Gasteiger partial charge in [-0.3, -0.25) is 4.79 Å². The Balaban J connectivity index is 1.57. The molecule has 30 heavy (non-hydrogen) atoms. The molecule has 0 unspecified atom stereocenters. The lowest BCUT2D eigenvalue weighted by Crippen LogP contribution is -2.24. The van der Waals surface area contributed by atoms with Crippen LogP contribution >= 0.6 is 0 Å². The number of aryl methyl sites for hydroxylation is 1. The van der Waals surface area contributed by atoms with E-state index in [9.17, 15) is 18.0 Å². The van der Waals surface area contributed by atoms with E-state index in [4.69, 9.17) is 9.15 Å². The summed E-state index contributed by atoms with van der Waals surface area (Å²) in [5.41, 5.74) is 3.84. The van der Waals surface area contributed by atoms with Crippen molar-refractivity contribution in [3.63, 3.8) is 0 Å². The second kappa shape index (κ2) is 8.86.